The van der Waals surface area contributed by atoms with Gasteiger partial charge in [0.15, 0.2) is 0 Å². The van der Waals surface area contributed by atoms with Crippen molar-refractivity contribution in [2.75, 3.05) is 6.61 Å². The molecule has 0 aliphatic rings. The summed E-state index contributed by atoms with van der Waals surface area (Å²) in [6, 6.07) is 9.31. The number of furan rings is 1. The molecule has 1 atom stereocenters. The van der Waals surface area contributed by atoms with Gasteiger partial charge in [0.2, 0.25) is 0 Å². The van der Waals surface area contributed by atoms with E-state index in [-0.39, 0.29) is 18.5 Å². The van der Waals surface area contributed by atoms with Gasteiger partial charge in [-0.2, -0.15) is 0 Å². The van der Waals surface area contributed by atoms with Crippen LogP contribution in [-0.2, 0) is 0 Å². The van der Waals surface area contributed by atoms with Gasteiger partial charge in [0, 0.05) is 12.2 Å². The Labute approximate surface area is 98.7 Å². The van der Waals surface area contributed by atoms with E-state index in [4.69, 9.17) is 15.3 Å². The highest BCUT2D eigenvalue weighted by molar-refractivity contribution is 5.57. The van der Waals surface area contributed by atoms with Gasteiger partial charge in [-0.05, 0) is 42.8 Å². The Morgan fingerprint density at radius 2 is 1.88 bits per heavy atom. The van der Waals surface area contributed by atoms with Crippen molar-refractivity contribution < 1.29 is 13.9 Å². The summed E-state index contributed by atoms with van der Waals surface area (Å²) >= 11 is 0. The first-order chi connectivity index (χ1) is 8.20. The minimum atomic E-state index is -0.311. The Kier molecular flexibility index (Phi) is 3.56. The summed E-state index contributed by atoms with van der Waals surface area (Å²) in [4.78, 5) is 0. The third kappa shape index (κ3) is 2.72. The molecule has 3 N–H and O–H groups in total. The molecule has 0 amide bonds. The van der Waals surface area contributed by atoms with E-state index < -0.39 is 0 Å². The molecule has 3 nitrogen and oxygen atoms in total. The molecule has 1 heterocycles. The number of rotatable bonds is 4. The molecule has 17 heavy (non-hydrogen) atoms. The Hall–Kier alpha value is -1.65. The monoisotopic (exact) mass is 235 g/mol. The lowest BCUT2D eigenvalue weighted by molar-refractivity contribution is 0.269. The van der Waals surface area contributed by atoms with Crippen LogP contribution >= 0.6 is 0 Å². The predicted octanol–water partition coefficient (Wildman–Crippen LogP) is 2.47. The fourth-order valence-electron chi connectivity index (χ4n) is 1.60. The zero-order valence-electron chi connectivity index (χ0n) is 9.27. The van der Waals surface area contributed by atoms with Crippen molar-refractivity contribution in [1.29, 1.82) is 0 Å². The van der Waals surface area contributed by atoms with Crippen LogP contribution in [0.1, 0.15) is 18.2 Å². The van der Waals surface area contributed by atoms with Gasteiger partial charge in [-0.1, -0.05) is 0 Å². The molecule has 0 bridgehead atoms. The summed E-state index contributed by atoms with van der Waals surface area (Å²) in [5.41, 5.74) is 6.61. The number of benzene rings is 1. The zero-order chi connectivity index (χ0) is 12.3. The third-order valence-corrected chi connectivity index (χ3v) is 2.56. The van der Waals surface area contributed by atoms with Crippen LogP contribution < -0.4 is 5.73 Å². The van der Waals surface area contributed by atoms with E-state index in [2.05, 4.69) is 0 Å². The predicted molar refractivity (Wildman–Crippen MR) is 62.7 cm³/mol. The second-order valence-electron chi connectivity index (χ2n) is 3.83. The smallest absolute Gasteiger partial charge is 0.134 e. The van der Waals surface area contributed by atoms with E-state index in [1.165, 1.54) is 12.1 Å². The van der Waals surface area contributed by atoms with Crippen molar-refractivity contribution >= 4 is 0 Å². The van der Waals surface area contributed by atoms with Crippen LogP contribution in [0.5, 0.6) is 0 Å². The van der Waals surface area contributed by atoms with Crippen molar-refractivity contribution in [2.45, 2.75) is 12.5 Å². The van der Waals surface area contributed by atoms with Gasteiger partial charge in [0.05, 0.1) is 6.04 Å². The molecule has 1 aromatic heterocycles. The standard InChI is InChI=1S/C13H14FNO2/c14-10-3-1-9(2-4-10)12-5-6-13(17-12)11(15)7-8-16/h1-6,11,16H,7-8,15H2/t11-/m1/s1. The molecule has 90 valence electrons. The Morgan fingerprint density at radius 3 is 2.53 bits per heavy atom. The maximum Gasteiger partial charge on any atom is 0.134 e. The molecule has 1 aromatic carbocycles. The summed E-state index contributed by atoms with van der Waals surface area (Å²) in [5.74, 6) is 0.990. The highest BCUT2D eigenvalue weighted by Gasteiger charge is 2.11. The molecular weight excluding hydrogens is 221 g/mol. The average molecular weight is 235 g/mol. The van der Waals surface area contributed by atoms with Gasteiger partial charge in [-0.25, -0.2) is 4.39 Å². The maximum atomic E-state index is 12.8. The Morgan fingerprint density at radius 1 is 1.18 bits per heavy atom. The summed E-state index contributed by atoms with van der Waals surface area (Å²) in [6.07, 6.45) is 0.455. The lowest BCUT2D eigenvalue weighted by atomic mass is 10.1. The zero-order valence-corrected chi connectivity index (χ0v) is 9.27. The van der Waals surface area contributed by atoms with Crippen molar-refractivity contribution in [3.8, 4) is 11.3 Å². The van der Waals surface area contributed by atoms with Crippen LogP contribution in [0.25, 0.3) is 11.3 Å². The fraction of sp³-hybridized carbons (Fsp3) is 0.231. The van der Waals surface area contributed by atoms with Crippen LogP contribution in [0.4, 0.5) is 4.39 Å². The molecule has 2 aromatic rings. The fourth-order valence-corrected chi connectivity index (χ4v) is 1.60. The number of nitrogens with two attached hydrogens (primary N) is 1. The maximum absolute atomic E-state index is 12.8. The van der Waals surface area contributed by atoms with Crippen LogP contribution in [0.15, 0.2) is 40.8 Å². The third-order valence-electron chi connectivity index (χ3n) is 2.56. The second-order valence-corrected chi connectivity index (χ2v) is 3.83. The SMILES string of the molecule is N[C@H](CCO)c1ccc(-c2ccc(F)cc2)o1. The van der Waals surface area contributed by atoms with E-state index in [9.17, 15) is 4.39 Å². The molecule has 0 spiro atoms. The number of hydrogen-bond acceptors (Lipinski definition) is 3. The van der Waals surface area contributed by atoms with Crippen molar-refractivity contribution in [1.82, 2.24) is 0 Å². The first-order valence-corrected chi connectivity index (χ1v) is 5.43. The molecule has 0 aliphatic carbocycles. The van der Waals surface area contributed by atoms with Gasteiger partial charge in [0.25, 0.3) is 0 Å². The van der Waals surface area contributed by atoms with Gasteiger partial charge in [-0.15, -0.1) is 0 Å². The van der Waals surface area contributed by atoms with Crippen LogP contribution in [0, 0.1) is 5.82 Å². The Balaban J connectivity index is 2.20. The van der Waals surface area contributed by atoms with E-state index in [0.29, 0.717) is 17.9 Å². The van der Waals surface area contributed by atoms with Crippen molar-refractivity contribution in [3.63, 3.8) is 0 Å². The lowest BCUT2D eigenvalue weighted by Gasteiger charge is -2.05. The molecule has 0 unspecified atom stereocenters. The summed E-state index contributed by atoms with van der Waals surface area (Å²) in [6.45, 7) is 0.0216. The number of halogens is 1. The minimum Gasteiger partial charge on any atom is -0.459 e. The van der Waals surface area contributed by atoms with Crippen LogP contribution in [-0.4, -0.2) is 11.7 Å². The second kappa shape index (κ2) is 5.12. The van der Waals surface area contributed by atoms with Gasteiger partial charge in [-0.3, -0.25) is 0 Å². The number of aliphatic hydroxyl groups excluding tert-OH is 1. The summed E-state index contributed by atoms with van der Waals surface area (Å²) in [7, 11) is 0. The molecule has 0 fully saturated rings. The van der Waals surface area contributed by atoms with Crippen molar-refractivity contribution in [3.05, 3.63) is 48.0 Å². The van der Waals surface area contributed by atoms with Crippen LogP contribution in [0.2, 0.25) is 0 Å². The van der Waals surface area contributed by atoms with E-state index in [1.54, 1.807) is 24.3 Å². The molecule has 2 rings (SSSR count). The van der Waals surface area contributed by atoms with E-state index in [1.807, 2.05) is 0 Å². The molecule has 0 saturated carbocycles. The first kappa shape index (κ1) is 11.8. The quantitative estimate of drug-likeness (QED) is 0.855. The number of hydrogen-bond donors (Lipinski definition) is 2. The van der Waals surface area contributed by atoms with Gasteiger partial charge < -0.3 is 15.3 Å². The number of aliphatic hydroxyl groups is 1. The lowest BCUT2D eigenvalue weighted by Crippen LogP contribution is -2.10. The van der Waals surface area contributed by atoms with E-state index >= 15 is 0 Å². The first-order valence-electron chi connectivity index (χ1n) is 5.43. The van der Waals surface area contributed by atoms with Crippen LogP contribution in [0.3, 0.4) is 0 Å². The molecule has 0 radical (unpaired) electrons. The Bertz CT molecular complexity index is 478. The van der Waals surface area contributed by atoms with Gasteiger partial charge >= 0.3 is 0 Å². The molecule has 0 aliphatic heterocycles. The highest BCUT2D eigenvalue weighted by Crippen LogP contribution is 2.25. The highest BCUT2D eigenvalue weighted by atomic mass is 19.1. The van der Waals surface area contributed by atoms with E-state index in [0.717, 1.165) is 5.56 Å². The summed E-state index contributed by atoms with van der Waals surface area (Å²) < 4.78 is 18.3. The van der Waals surface area contributed by atoms with Gasteiger partial charge in [0.1, 0.15) is 17.3 Å². The largest absolute Gasteiger partial charge is 0.459 e. The average Bonchev–Trinajstić information content (AvgIpc) is 2.80. The topological polar surface area (TPSA) is 59.4 Å². The molecule has 4 heteroatoms. The minimum absolute atomic E-state index is 0.0216. The normalized spacial score (nSPS) is 12.6. The molecule has 0 saturated heterocycles. The van der Waals surface area contributed by atoms with Crippen molar-refractivity contribution in [2.24, 2.45) is 5.73 Å². The molecular formula is C13H14FNO2. The summed E-state index contributed by atoms with van der Waals surface area (Å²) in [5, 5.41) is 8.79.